The van der Waals surface area contributed by atoms with Crippen LogP contribution in [-0.4, -0.2) is 11.7 Å². The van der Waals surface area contributed by atoms with Gasteiger partial charge in [-0.2, -0.15) is 0 Å². The molecule has 2 rings (SSSR count). The highest BCUT2D eigenvalue weighted by Gasteiger charge is 2.41. The van der Waals surface area contributed by atoms with Gasteiger partial charge in [0.25, 0.3) is 0 Å². The number of benzene rings is 1. The number of aliphatic hydroxyl groups excluding tert-OH is 1. The zero-order chi connectivity index (χ0) is 10.9. The van der Waals surface area contributed by atoms with Gasteiger partial charge >= 0.3 is 0 Å². The lowest BCUT2D eigenvalue weighted by Gasteiger charge is -2.13. The van der Waals surface area contributed by atoms with Crippen molar-refractivity contribution in [1.29, 1.82) is 0 Å². The van der Waals surface area contributed by atoms with Crippen LogP contribution in [0.1, 0.15) is 43.7 Å². The number of aliphatic hydroxyl groups is 1. The monoisotopic (exact) mass is 204 g/mol. The van der Waals surface area contributed by atoms with Crippen LogP contribution in [0.25, 0.3) is 0 Å². The molecule has 1 heteroatoms. The molecular formula is C14H20O. The van der Waals surface area contributed by atoms with Gasteiger partial charge in [0.15, 0.2) is 0 Å². The van der Waals surface area contributed by atoms with E-state index in [2.05, 4.69) is 38.1 Å². The lowest BCUT2D eigenvalue weighted by Crippen LogP contribution is -2.10. The van der Waals surface area contributed by atoms with Gasteiger partial charge in [0.2, 0.25) is 0 Å². The van der Waals surface area contributed by atoms with Crippen LogP contribution in [0.5, 0.6) is 0 Å². The second-order valence-electron chi connectivity index (χ2n) is 5.23. The van der Waals surface area contributed by atoms with Crippen LogP contribution < -0.4 is 0 Å². The van der Waals surface area contributed by atoms with E-state index in [9.17, 15) is 5.11 Å². The summed E-state index contributed by atoms with van der Waals surface area (Å²) >= 11 is 0. The van der Waals surface area contributed by atoms with Crippen LogP contribution in [0.2, 0.25) is 0 Å². The minimum absolute atomic E-state index is 0.232. The van der Waals surface area contributed by atoms with Crippen molar-refractivity contribution < 1.29 is 5.11 Å². The Morgan fingerprint density at radius 1 is 1.33 bits per heavy atom. The maximum atomic E-state index is 9.30. The smallest absolute Gasteiger partial charge is 0.0490 e. The van der Waals surface area contributed by atoms with Crippen molar-refractivity contribution in [3.8, 4) is 0 Å². The lowest BCUT2D eigenvalue weighted by molar-refractivity contribution is 0.211. The summed E-state index contributed by atoms with van der Waals surface area (Å²) in [6.07, 6.45) is 3.43. The van der Waals surface area contributed by atoms with E-state index >= 15 is 0 Å². The van der Waals surface area contributed by atoms with Crippen molar-refractivity contribution in [3.63, 3.8) is 0 Å². The molecule has 1 nitrogen and oxygen atoms in total. The first-order valence-electron chi connectivity index (χ1n) is 5.85. The summed E-state index contributed by atoms with van der Waals surface area (Å²) in [6, 6.07) is 8.80. The molecule has 0 heterocycles. The molecule has 1 aromatic carbocycles. The van der Waals surface area contributed by atoms with Crippen molar-refractivity contribution in [1.82, 2.24) is 0 Å². The molecule has 0 spiro atoms. The Labute approximate surface area is 92.1 Å². The van der Waals surface area contributed by atoms with E-state index in [1.807, 2.05) is 0 Å². The van der Waals surface area contributed by atoms with E-state index in [4.69, 9.17) is 0 Å². The molecule has 0 unspecified atom stereocenters. The minimum atomic E-state index is 0.232. The SMILES string of the molecule is CC(C)c1cccc(CC2(CO)CC2)c1. The first kappa shape index (κ1) is 10.7. The molecule has 82 valence electrons. The van der Waals surface area contributed by atoms with Crippen LogP contribution in [-0.2, 0) is 6.42 Å². The van der Waals surface area contributed by atoms with Crippen molar-refractivity contribution in [3.05, 3.63) is 35.4 Å². The number of rotatable bonds is 4. The van der Waals surface area contributed by atoms with E-state index in [0.717, 1.165) is 6.42 Å². The fourth-order valence-corrected chi connectivity index (χ4v) is 2.06. The maximum Gasteiger partial charge on any atom is 0.0490 e. The van der Waals surface area contributed by atoms with E-state index in [-0.39, 0.29) is 5.41 Å². The second kappa shape index (κ2) is 3.97. The van der Waals surface area contributed by atoms with Crippen molar-refractivity contribution in [2.24, 2.45) is 5.41 Å². The summed E-state index contributed by atoms with van der Waals surface area (Å²) in [6.45, 7) is 4.79. The molecule has 1 saturated carbocycles. The Balaban J connectivity index is 2.11. The maximum absolute atomic E-state index is 9.30. The van der Waals surface area contributed by atoms with Gasteiger partial charge < -0.3 is 5.11 Å². The zero-order valence-electron chi connectivity index (χ0n) is 9.66. The molecule has 0 aliphatic heterocycles. The van der Waals surface area contributed by atoms with Crippen LogP contribution in [0.15, 0.2) is 24.3 Å². The second-order valence-corrected chi connectivity index (χ2v) is 5.23. The highest BCUT2D eigenvalue weighted by atomic mass is 16.3. The number of hydrogen-bond donors (Lipinski definition) is 1. The average Bonchev–Trinajstić information content (AvgIpc) is 2.99. The molecule has 1 N–H and O–H groups in total. The van der Waals surface area contributed by atoms with Gasteiger partial charge in [0, 0.05) is 6.61 Å². The molecule has 0 radical (unpaired) electrons. The van der Waals surface area contributed by atoms with Gasteiger partial charge in [0.05, 0.1) is 0 Å². The van der Waals surface area contributed by atoms with Gasteiger partial charge in [-0.1, -0.05) is 38.1 Å². The Kier molecular flexibility index (Phi) is 2.83. The quantitative estimate of drug-likeness (QED) is 0.799. The molecule has 1 aliphatic rings. The van der Waals surface area contributed by atoms with Crippen LogP contribution in [0, 0.1) is 5.41 Å². The first-order valence-corrected chi connectivity index (χ1v) is 5.85. The fourth-order valence-electron chi connectivity index (χ4n) is 2.06. The predicted octanol–water partition coefficient (Wildman–Crippen LogP) is 3.13. The highest BCUT2D eigenvalue weighted by molar-refractivity contribution is 5.27. The highest BCUT2D eigenvalue weighted by Crippen LogP contribution is 2.47. The van der Waals surface area contributed by atoms with E-state index in [1.165, 1.54) is 24.0 Å². The summed E-state index contributed by atoms with van der Waals surface area (Å²) in [7, 11) is 0. The average molecular weight is 204 g/mol. The third-order valence-electron chi connectivity index (χ3n) is 3.49. The van der Waals surface area contributed by atoms with Crippen LogP contribution >= 0.6 is 0 Å². The third kappa shape index (κ3) is 2.40. The molecule has 1 aromatic rings. The largest absolute Gasteiger partial charge is 0.396 e. The molecule has 15 heavy (non-hydrogen) atoms. The standard InChI is InChI=1S/C14H20O/c1-11(2)13-5-3-4-12(8-13)9-14(10-15)6-7-14/h3-5,8,11,15H,6-7,9-10H2,1-2H3. The molecule has 0 atom stereocenters. The van der Waals surface area contributed by atoms with Crippen LogP contribution in [0.3, 0.4) is 0 Å². The van der Waals surface area contributed by atoms with Crippen molar-refractivity contribution in [2.45, 2.75) is 39.0 Å². The molecular weight excluding hydrogens is 184 g/mol. The van der Waals surface area contributed by atoms with E-state index in [1.54, 1.807) is 0 Å². The van der Waals surface area contributed by atoms with Gasteiger partial charge in [0.1, 0.15) is 0 Å². The molecule has 0 saturated heterocycles. The summed E-state index contributed by atoms with van der Waals surface area (Å²) < 4.78 is 0. The van der Waals surface area contributed by atoms with Gasteiger partial charge in [-0.15, -0.1) is 0 Å². The number of hydrogen-bond acceptors (Lipinski definition) is 1. The lowest BCUT2D eigenvalue weighted by atomic mass is 9.94. The molecule has 0 amide bonds. The van der Waals surface area contributed by atoms with Gasteiger partial charge in [-0.05, 0) is 41.7 Å². The Hall–Kier alpha value is -0.820. The third-order valence-corrected chi connectivity index (χ3v) is 3.49. The Bertz CT molecular complexity index is 337. The Morgan fingerprint density at radius 2 is 2.07 bits per heavy atom. The summed E-state index contributed by atoms with van der Waals surface area (Å²) in [5, 5.41) is 9.30. The van der Waals surface area contributed by atoms with Gasteiger partial charge in [-0.25, -0.2) is 0 Å². The van der Waals surface area contributed by atoms with Crippen LogP contribution in [0.4, 0.5) is 0 Å². The first-order chi connectivity index (χ1) is 7.15. The minimum Gasteiger partial charge on any atom is -0.396 e. The molecule has 1 aliphatic carbocycles. The van der Waals surface area contributed by atoms with Crippen molar-refractivity contribution >= 4 is 0 Å². The fraction of sp³-hybridized carbons (Fsp3) is 0.571. The molecule has 0 aromatic heterocycles. The molecule has 1 fully saturated rings. The topological polar surface area (TPSA) is 20.2 Å². The summed E-state index contributed by atoms with van der Waals surface area (Å²) in [5.41, 5.74) is 3.02. The van der Waals surface area contributed by atoms with E-state index < -0.39 is 0 Å². The predicted molar refractivity (Wildman–Crippen MR) is 63.0 cm³/mol. The normalized spacial score (nSPS) is 18.1. The molecule has 0 bridgehead atoms. The Morgan fingerprint density at radius 3 is 2.60 bits per heavy atom. The summed E-state index contributed by atoms with van der Waals surface area (Å²) in [4.78, 5) is 0. The van der Waals surface area contributed by atoms with E-state index in [0.29, 0.717) is 12.5 Å². The van der Waals surface area contributed by atoms with Gasteiger partial charge in [-0.3, -0.25) is 0 Å². The van der Waals surface area contributed by atoms with Crippen molar-refractivity contribution in [2.75, 3.05) is 6.61 Å². The summed E-state index contributed by atoms with van der Waals surface area (Å²) in [5.74, 6) is 0.592. The zero-order valence-corrected chi connectivity index (χ0v) is 9.66.